The molecule has 2 N–H and O–H groups in total. The Balaban J connectivity index is 1.64. The molecule has 0 aliphatic carbocycles. The maximum atomic E-state index is 14.8. The van der Waals surface area contributed by atoms with E-state index >= 15 is 0 Å². The molecule has 2 aromatic heterocycles. The highest BCUT2D eigenvalue weighted by molar-refractivity contribution is 6.30. The average molecular weight is 519 g/mol. The maximum Gasteiger partial charge on any atom is 0.407 e. The highest BCUT2D eigenvalue weighted by Crippen LogP contribution is 2.20. The smallest absolute Gasteiger partial charge is 0.407 e. The van der Waals surface area contributed by atoms with E-state index in [9.17, 15) is 18.9 Å². The molecule has 12 heteroatoms. The molecule has 2 amide bonds. The van der Waals surface area contributed by atoms with Crippen LogP contribution in [0.5, 0.6) is 0 Å². The van der Waals surface area contributed by atoms with Crippen molar-refractivity contribution in [3.63, 3.8) is 0 Å². The van der Waals surface area contributed by atoms with E-state index in [0.29, 0.717) is 28.5 Å². The molecule has 0 unspecified atom stereocenters. The van der Waals surface area contributed by atoms with Crippen LogP contribution in [0.2, 0.25) is 5.02 Å². The van der Waals surface area contributed by atoms with E-state index in [-0.39, 0.29) is 30.9 Å². The molecule has 192 valence electrons. The number of nitrogens with one attached hydrogen (secondary N) is 2. The Bertz CT molecular complexity index is 1270. The number of alkyl carbamates (subject to hydrolysis) is 1. The summed E-state index contributed by atoms with van der Waals surface area (Å²) >= 11 is 6.08. The van der Waals surface area contributed by atoms with Crippen molar-refractivity contribution in [2.45, 2.75) is 46.3 Å². The van der Waals surface area contributed by atoms with Crippen LogP contribution in [0, 0.1) is 10.7 Å². The first-order valence-electron chi connectivity index (χ1n) is 11.3. The summed E-state index contributed by atoms with van der Waals surface area (Å²) in [5, 5.41) is 9.59. The van der Waals surface area contributed by atoms with E-state index in [0.717, 1.165) is 11.1 Å². The van der Waals surface area contributed by atoms with Gasteiger partial charge in [-0.2, -0.15) is 0 Å². The Morgan fingerprint density at radius 1 is 1.22 bits per heavy atom. The number of ether oxygens (including phenoxy) is 1. The Labute approximate surface area is 212 Å². The molecule has 3 aromatic rings. The van der Waals surface area contributed by atoms with Crippen molar-refractivity contribution < 1.29 is 18.7 Å². The first kappa shape index (κ1) is 26.9. The minimum absolute atomic E-state index is 0.00884. The zero-order valence-corrected chi connectivity index (χ0v) is 21.2. The minimum Gasteiger partial charge on any atom is -0.444 e. The monoisotopic (exact) mass is 518 g/mol. The van der Waals surface area contributed by atoms with Crippen molar-refractivity contribution >= 4 is 34.9 Å². The summed E-state index contributed by atoms with van der Waals surface area (Å²) < 4.78 is 21.5. The van der Waals surface area contributed by atoms with Gasteiger partial charge in [-0.3, -0.25) is 9.20 Å². The Kier molecular flexibility index (Phi) is 8.46. The van der Waals surface area contributed by atoms with Crippen molar-refractivity contribution in [3.8, 4) is 0 Å². The summed E-state index contributed by atoms with van der Waals surface area (Å²) in [6, 6.07) is 7.50. The lowest BCUT2D eigenvalue weighted by Gasteiger charge is -2.21. The number of pyridine rings is 1. The Morgan fingerprint density at radius 2 is 1.97 bits per heavy atom. The lowest BCUT2D eigenvalue weighted by molar-refractivity contribution is 0.0529. The summed E-state index contributed by atoms with van der Waals surface area (Å²) in [4.78, 5) is 40.4. The standard InChI is InChI=1S/C24H28ClFN6O4/c1-5-19-21(31-14-16(25)7-9-20(31)29-19)22(33)28-13-15-6-8-17(12-18(15)26)32(30-35)11-10-27-23(34)36-24(2,3)4/h6-9,12,14H,5,10-11,13H2,1-4H3,(H,27,34)(H,28,33). The van der Waals surface area contributed by atoms with Gasteiger partial charge < -0.3 is 15.4 Å². The third kappa shape index (κ3) is 6.69. The molecular weight excluding hydrogens is 491 g/mol. The molecule has 0 fully saturated rings. The van der Waals surface area contributed by atoms with Crippen LogP contribution in [0.15, 0.2) is 41.8 Å². The van der Waals surface area contributed by atoms with Crippen LogP contribution in [-0.2, 0) is 17.7 Å². The van der Waals surface area contributed by atoms with Gasteiger partial charge in [0.25, 0.3) is 5.91 Å². The molecular formula is C24H28ClFN6O4. The topological polar surface area (TPSA) is 117 Å². The van der Waals surface area contributed by atoms with Crippen molar-refractivity contribution in [1.29, 1.82) is 0 Å². The summed E-state index contributed by atoms with van der Waals surface area (Å²) in [7, 11) is 0. The molecule has 0 atom stereocenters. The fourth-order valence-electron chi connectivity index (χ4n) is 3.45. The number of hydrogen-bond acceptors (Lipinski definition) is 6. The number of amides is 2. The van der Waals surface area contributed by atoms with Crippen LogP contribution in [0.25, 0.3) is 5.65 Å². The number of imidazole rings is 1. The zero-order chi connectivity index (χ0) is 26.5. The molecule has 0 spiro atoms. The number of carbonyl (C=O) groups excluding carboxylic acids is 2. The number of halogens is 2. The van der Waals surface area contributed by atoms with Gasteiger partial charge in [-0.05, 0) is 51.5 Å². The lowest BCUT2D eigenvalue weighted by atomic mass is 10.1. The summed E-state index contributed by atoms with van der Waals surface area (Å²) in [6.45, 7) is 7.06. The number of nitrogens with zero attached hydrogens (tertiary/aromatic N) is 4. The average Bonchev–Trinajstić information content (AvgIpc) is 3.17. The number of aryl methyl sites for hydroxylation is 1. The SMILES string of the molecule is CCc1nc2ccc(Cl)cn2c1C(=O)NCc1ccc(N(CCNC(=O)OC(C)(C)C)N=O)cc1F. The summed E-state index contributed by atoms with van der Waals surface area (Å²) in [5.74, 6) is -1.05. The number of hydrogen-bond donors (Lipinski definition) is 2. The van der Waals surface area contributed by atoms with Gasteiger partial charge in [0, 0.05) is 24.8 Å². The van der Waals surface area contributed by atoms with Crippen LogP contribution in [0.4, 0.5) is 14.9 Å². The zero-order valence-electron chi connectivity index (χ0n) is 20.5. The number of anilines is 1. The number of aromatic nitrogens is 2. The molecule has 0 bridgehead atoms. The van der Waals surface area contributed by atoms with Crippen LogP contribution >= 0.6 is 11.6 Å². The number of carbonyl (C=O) groups is 2. The minimum atomic E-state index is -0.655. The largest absolute Gasteiger partial charge is 0.444 e. The van der Waals surface area contributed by atoms with Gasteiger partial charge in [-0.1, -0.05) is 24.6 Å². The molecule has 0 aliphatic rings. The van der Waals surface area contributed by atoms with E-state index < -0.39 is 23.4 Å². The van der Waals surface area contributed by atoms with Crippen molar-refractivity contribution in [1.82, 2.24) is 20.0 Å². The molecule has 36 heavy (non-hydrogen) atoms. The van der Waals surface area contributed by atoms with Crippen molar-refractivity contribution in [2.24, 2.45) is 5.29 Å². The van der Waals surface area contributed by atoms with Crippen LogP contribution in [0.3, 0.4) is 0 Å². The third-order valence-corrected chi connectivity index (χ3v) is 5.29. The van der Waals surface area contributed by atoms with Gasteiger partial charge in [0.15, 0.2) is 0 Å². The number of rotatable bonds is 9. The maximum absolute atomic E-state index is 14.8. The van der Waals surface area contributed by atoms with E-state index in [2.05, 4.69) is 20.9 Å². The summed E-state index contributed by atoms with van der Waals surface area (Å²) in [6.07, 6.45) is 1.50. The molecule has 0 radical (unpaired) electrons. The van der Waals surface area contributed by atoms with E-state index in [1.807, 2.05) is 6.92 Å². The summed E-state index contributed by atoms with van der Waals surface area (Å²) in [5.41, 5.74) is 1.28. The second kappa shape index (κ2) is 11.3. The van der Waals surface area contributed by atoms with Gasteiger partial charge >= 0.3 is 6.09 Å². The highest BCUT2D eigenvalue weighted by atomic mass is 35.5. The fraction of sp³-hybridized carbons (Fsp3) is 0.375. The molecule has 10 nitrogen and oxygen atoms in total. The van der Waals surface area contributed by atoms with Crippen molar-refractivity contribution in [2.75, 3.05) is 18.1 Å². The molecule has 2 heterocycles. The van der Waals surface area contributed by atoms with Gasteiger partial charge in [0.1, 0.15) is 22.8 Å². The quantitative estimate of drug-likeness (QED) is 0.315. The Morgan fingerprint density at radius 3 is 2.61 bits per heavy atom. The number of fused-ring (bicyclic) bond motifs is 1. The molecule has 0 saturated heterocycles. The second-order valence-electron chi connectivity index (χ2n) is 8.93. The number of benzene rings is 1. The first-order chi connectivity index (χ1) is 17.0. The molecule has 3 rings (SSSR count). The van der Waals surface area contributed by atoms with E-state index in [4.69, 9.17) is 16.3 Å². The van der Waals surface area contributed by atoms with Gasteiger partial charge in [0.2, 0.25) is 0 Å². The van der Waals surface area contributed by atoms with Crippen molar-refractivity contribution in [3.05, 3.63) is 69.2 Å². The Hall–Kier alpha value is -3.73. The van der Waals surface area contributed by atoms with Gasteiger partial charge in [0.05, 0.1) is 28.2 Å². The molecule has 0 aliphatic heterocycles. The highest BCUT2D eigenvalue weighted by Gasteiger charge is 2.20. The van der Waals surface area contributed by atoms with Crippen LogP contribution in [-0.4, -0.2) is 40.1 Å². The normalized spacial score (nSPS) is 11.3. The number of nitroso groups, excluding NO2 is 1. The second-order valence-corrected chi connectivity index (χ2v) is 9.36. The first-order valence-corrected chi connectivity index (χ1v) is 11.7. The predicted octanol–water partition coefficient (Wildman–Crippen LogP) is 4.63. The van der Waals surface area contributed by atoms with Gasteiger partial charge in [-0.15, -0.1) is 4.91 Å². The van der Waals surface area contributed by atoms with Crippen LogP contribution in [0.1, 0.15) is 49.4 Å². The predicted molar refractivity (Wildman–Crippen MR) is 135 cm³/mol. The molecule has 1 aromatic carbocycles. The van der Waals surface area contributed by atoms with Gasteiger partial charge in [-0.25, -0.2) is 19.2 Å². The lowest BCUT2D eigenvalue weighted by Crippen LogP contribution is -2.36. The molecule has 0 saturated carbocycles. The fourth-order valence-corrected chi connectivity index (χ4v) is 3.61. The third-order valence-electron chi connectivity index (χ3n) is 5.07. The van der Waals surface area contributed by atoms with Crippen LogP contribution < -0.4 is 15.6 Å². The van der Waals surface area contributed by atoms with E-state index in [1.54, 1.807) is 43.5 Å². The van der Waals surface area contributed by atoms with E-state index in [1.165, 1.54) is 12.1 Å².